The minimum absolute atomic E-state index is 0.156. The SMILES string of the molecule is CC1(CN)CS(=O)(=O)CCN1Cc1ccccc1. The van der Waals surface area contributed by atoms with Crippen molar-refractivity contribution in [1.29, 1.82) is 0 Å². The molecule has 1 saturated heterocycles. The lowest BCUT2D eigenvalue weighted by molar-refractivity contribution is 0.121. The predicted molar refractivity (Wildman–Crippen MR) is 73.0 cm³/mol. The Morgan fingerprint density at radius 3 is 2.61 bits per heavy atom. The van der Waals surface area contributed by atoms with E-state index in [0.29, 0.717) is 13.1 Å². The van der Waals surface area contributed by atoms with Crippen LogP contribution < -0.4 is 5.73 Å². The summed E-state index contributed by atoms with van der Waals surface area (Å²) in [7, 11) is -2.95. The Balaban J connectivity index is 2.17. The molecule has 0 aliphatic carbocycles. The van der Waals surface area contributed by atoms with Crippen LogP contribution in [0.15, 0.2) is 30.3 Å². The number of hydrogen-bond donors (Lipinski definition) is 1. The summed E-state index contributed by atoms with van der Waals surface area (Å²) in [5.41, 5.74) is 6.54. The molecular formula is C13H20N2O2S. The van der Waals surface area contributed by atoms with Crippen LogP contribution in [0.3, 0.4) is 0 Å². The van der Waals surface area contributed by atoms with Gasteiger partial charge >= 0.3 is 0 Å². The van der Waals surface area contributed by atoms with Crippen LogP contribution in [0.25, 0.3) is 0 Å². The Kier molecular flexibility index (Phi) is 3.75. The van der Waals surface area contributed by atoms with Gasteiger partial charge in [0.2, 0.25) is 0 Å². The third-order valence-electron chi connectivity index (χ3n) is 3.62. The van der Waals surface area contributed by atoms with E-state index in [1.54, 1.807) is 0 Å². The molecule has 5 heteroatoms. The summed E-state index contributed by atoms with van der Waals surface area (Å²) in [5.74, 6) is 0.388. The molecule has 0 spiro atoms. The Bertz CT molecular complexity index is 501. The summed E-state index contributed by atoms with van der Waals surface area (Å²) in [4.78, 5) is 2.18. The first-order chi connectivity index (χ1) is 8.45. The van der Waals surface area contributed by atoms with Gasteiger partial charge in [0.05, 0.1) is 11.5 Å². The van der Waals surface area contributed by atoms with E-state index in [1.165, 1.54) is 5.56 Å². The molecule has 1 fully saturated rings. The summed E-state index contributed by atoms with van der Waals surface area (Å²) in [6, 6.07) is 10.1. The molecule has 1 aliphatic rings. The fourth-order valence-electron chi connectivity index (χ4n) is 2.42. The monoisotopic (exact) mass is 268 g/mol. The zero-order valence-electron chi connectivity index (χ0n) is 10.7. The van der Waals surface area contributed by atoms with Gasteiger partial charge in [-0.15, -0.1) is 0 Å². The molecule has 100 valence electrons. The molecule has 2 N–H and O–H groups in total. The average molecular weight is 268 g/mol. The molecule has 1 heterocycles. The van der Waals surface area contributed by atoms with E-state index in [4.69, 9.17) is 5.73 Å². The molecule has 18 heavy (non-hydrogen) atoms. The molecule has 1 aromatic rings. The lowest BCUT2D eigenvalue weighted by Gasteiger charge is -2.43. The summed E-state index contributed by atoms with van der Waals surface area (Å²) in [6.45, 7) is 3.61. The first-order valence-electron chi connectivity index (χ1n) is 6.15. The normalized spacial score (nSPS) is 28.1. The number of sulfone groups is 1. The van der Waals surface area contributed by atoms with Crippen molar-refractivity contribution in [3.05, 3.63) is 35.9 Å². The van der Waals surface area contributed by atoms with E-state index in [9.17, 15) is 8.42 Å². The second-order valence-electron chi connectivity index (χ2n) is 5.20. The van der Waals surface area contributed by atoms with Crippen molar-refractivity contribution in [1.82, 2.24) is 4.90 Å². The molecule has 2 rings (SSSR count). The van der Waals surface area contributed by atoms with Gasteiger partial charge in [-0.3, -0.25) is 4.90 Å². The minimum atomic E-state index is -2.95. The average Bonchev–Trinajstić information content (AvgIpc) is 2.34. The number of benzene rings is 1. The maximum absolute atomic E-state index is 11.7. The molecule has 1 atom stereocenters. The highest BCUT2D eigenvalue weighted by Crippen LogP contribution is 2.24. The predicted octanol–water partition coefficient (Wildman–Crippen LogP) is 0.634. The van der Waals surface area contributed by atoms with Crippen molar-refractivity contribution in [2.75, 3.05) is 24.6 Å². The molecule has 0 radical (unpaired) electrons. The van der Waals surface area contributed by atoms with Crippen LogP contribution in [0.2, 0.25) is 0 Å². The van der Waals surface area contributed by atoms with Gasteiger partial charge in [-0.2, -0.15) is 0 Å². The quantitative estimate of drug-likeness (QED) is 0.873. The summed E-state index contributed by atoms with van der Waals surface area (Å²) >= 11 is 0. The molecular weight excluding hydrogens is 248 g/mol. The Hall–Kier alpha value is -0.910. The number of nitrogens with zero attached hydrogens (tertiary/aromatic N) is 1. The third kappa shape index (κ3) is 2.91. The standard InChI is InChI=1S/C13H20N2O2S/c1-13(10-14)11-18(16,17)8-7-15(13)9-12-5-3-2-4-6-12/h2-6H,7-11,14H2,1H3. The van der Waals surface area contributed by atoms with Crippen molar-refractivity contribution in [2.45, 2.75) is 19.0 Å². The molecule has 4 nitrogen and oxygen atoms in total. The van der Waals surface area contributed by atoms with Crippen LogP contribution in [0.1, 0.15) is 12.5 Å². The van der Waals surface area contributed by atoms with Crippen LogP contribution >= 0.6 is 0 Å². The molecule has 1 aromatic carbocycles. The van der Waals surface area contributed by atoms with Crippen LogP contribution in [0.5, 0.6) is 0 Å². The van der Waals surface area contributed by atoms with Gasteiger partial charge in [0.1, 0.15) is 0 Å². The van der Waals surface area contributed by atoms with Crippen LogP contribution in [0.4, 0.5) is 0 Å². The van der Waals surface area contributed by atoms with Gasteiger partial charge in [0.25, 0.3) is 0 Å². The maximum Gasteiger partial charge on any atom is 0.153 e. The Morgan fingerprint density at radius 1 is 1.33 bits per heavy atom. The van der Waals surface area contributed by atoms with Crippen molar-refractivity contribution in [3.8, 4) is 0 Å². The van der Waals surface area contributed by atoms with Crippen molar-refractivity contribution < 1.29 is 8.42 Å². The second kappa shape index (κ2) is 4.99. The van der Waals surface area contributed by atoms with E-state index >= 15 is 0 Å². The maximum atomic E-state index is 11.7. The molecule has 1 unspecified atom stereocenters. The van der Waals surface area contributed by atoms with Gasteiger partial charge in [0, 0.05) is 25.2 Å². The highest BCUT2D eigenvalue weighted by molar-refractivity contribution is 7.91. The highest BCUT2D eigenvalue weighted by Gasteiger charge is 2.39. The lowest BCUT2D eigenvalue weighted by atomic mass is 10.0. The number of nitrogens with two attached hydrogens (primary N) is 1. The van der Waals surface area contributed by atoms with E-state index in [-0.39, 0.29) is 11.5 Å². The topological polar surface area (TPSA) is 63.4 Å². The van der Waals surface area contributed by atoms with Gasteiger partial charge in [-0.05, 0) is 12.5 Å². The van der Waals surface area contributed by atoms with Crippen molar-refractivity contribution >= 4 is 9.84 Å². The minimum Gasteiger partial charge on any atom is -0.329 e. The summed E-state index contributed by atoms with van der Waals surface area (Å²) in [6.07, 6.45) is 0. The fourth-order valence-corrected chi connectivity index (χ4v) is 4.31. The van der Waals surface area contributed by atoms with Gasteiger partial charge in [-0.25, -0.2) is 8.42 Å². The van der Waals surface area contributed by atoms with Crippen molar-refractivity contribution in [3.63, 3.8) is 0 Å². The zero-order chi connectivity index (χ0) is 13.2. The molecule has 0 aromatic heterocycles. The first-order valence-corrected chi connectivity index (χ1v) is 7.97. The Labute approximate surface area is 109 Å². The van der Waals surface area contributed by atoms with Crippen LogP contribution in [-0.4, -0.2) is 43.5 Å². The van der Waals surface area contributed by atoms with Gasteiger partial charge < -0.3 is 5.73 Å². The number of hydrogen-bond acceptors (Lipinski definition) is 4. The smallest absolute Gasteiger partial charge is 0.153 e. The molecule has 0 amide bonds. The van der Waals surface area contributed by atoms with Crippen molar-refractivity contribution in [2.24, 2.45) is 5.73 Å². The summed E-state index contributed by atoms with van der Waals surface area (Å²) < 4.78 is 23.5. The fraction of sp³-hybridized carbons (Fsp3) is 0.538. The highest BCUT2D eigenvalue weighted by atomic mass is 32.2. The lowest BCUT2D eigenvalue weighted by Crippen LogP contribution is -2.60. The third-order valence-corrected chi connectivity index (χ3v) is 5.49. The van der Waals surface area contributed by atoms with E-state index in [2.05, 4.69) is 17.0 Å². The van der Waals surface area contributed by atoms with E-state index in [0.717, 1.165) is 6.54 Å². The van der Waals surface area contributed by atoms with E-state index in [1.807, 2.05) is 25.1 Å². The molecule has 0 saturated carbocycles. The first kappa shape index (κ1) is 13.5. The summed E-state index contributed by atoms with van der Waals surface area (Å²) in [5, 5.41) is 0. The molecule has 1 aliphatic heterocycles. The van der Waals surface area contributed by atoms with E-state index < -0.39 is 15.4 Å². The largest absolute Gasteiger partial charge is 0.329 e. The second-order valence-corrected chi connectivity index (χ2v) is 7.38. The zero-order valence-corrected chi connectivity index (χ0v) is 11.5. The van der Waals surface area contributed by atoms with Crippen LogP contribution in [0, 0.1) is 0 Å². The van der Waals surface area contributed by atoms with Gasteiger partial charge in [0.15, 0.2) is 9.84 Å². The van der Waals surface area contributed by atoms with Gasteiger partial charge in [-0.1, -0.05) is 30.3 Å². The Morgan fingerprint density at radius 2 is 2.00 bits per heavy atom. The van der Waals surface area contributed by atoms with Crippen LogP contribution in [-0.2, 0) is 16.4 Å². The number of rotatable bonds is 3. The molecule has 0 bridgehead atoms.